The average molecular weight is 236 g/mol. The lowest BCUT2D eigenvalue weighted by Crippen LogP contribution is -2.48. The fourth-order valence-electron chi connectivity index (χ4n) is 2.42. The van der Waals surface area contributed by atoms with Crippen LogP contribution in [0.3, 0.4) is 0 Å². The quantitative estimate of drug-likeness (QED) is 0.781. The first-order chi connectivity index (χ1) is 8.19. The number of likely N-dealkylation sites (N-methyl/N-ethyl adjacent to an activating group) is 1. The number of nitrogens with one attached hydrogen (secondary N) is 2. The first kappa shape index (κ1) is 12.1. The van der Waals surface area contributed by atoms with Gasteiger partial charge in [0.15, 0.2) is 0 Å². The van der Waals surface area contributed by atoms with Gasteiger partial charge in [-0.15, -0.1) is 0 Å². The number of hydrogen-bond acceptors (Lipinski definition) is 3. The summed E-state index contributed by atoms with van der Waals surface area (Å²) in [4.78, 5) is 11.6. The predicted octanol–water partition coefficient (Wildman–Crippen LogP) is 0.0768. The van der Waals surface area contributed by atoms with Crippen molar-refractivity contribution in [2.24, 2.45) is 13.0 Å². The van der Waals surface area contributed by atoms with Crippen molar-refractivity contribution in [3.63, 3.8) is 0 Å². The number of aryl methyl sites for hydroxylation is 1. The zero-order chi connectivity index (χ0) is 12.3. The van der Waals surface area contributed by atoms with Crippen molar-refractivity contribution in [1.82, 2.24) is 20.4 Å². The van der Waals surface area contributed by atoms with Crippen molar-refractivity contribution in [2.75, 3.05) is 13.6 Å². The van der Waals surface area contributed by atoms with Crippen LogP contribution in [-0.2, 0) is 18.3 Å². The van der Waals surface area contributed by atoms with E-state index in [0.717, 1.165) is 31.5 Å². The van der Waals surface area contributed by atoms with Gasteiger partial charge in [-0.1, -0.05) is 0 Å². The fourth-order valence-corrected chi connectivity index (χ4v) is 2.42. The topological polar surface area (TPSA) is 59.0 Å². The zero-order valence-corrected chi connectivity index (χ0v) is 10.4. The van der Waals surface area contributed by atoms with E-state index in [1.54, 1.807) is 7.05 Å². The van der Waals surface area contributed by atoms with Gasteiger partial charge in [0.2, 0.25) is 5.91 Å². The Morgan fingerprint density at radius 1 is 1.71 bits per heavy atom. The van der Waals surface area contributed by atoms with Crippen LogP contribution < -0.4 is 10.6 Å². The first-order valence-electron chi connectivity index (χ1n) is 6.12. The van der Waals surface area contributed by atoms with E-state index in [-0.39, 0.29) is 11.9 Å². The van der Waals surface area contributed by atoms with Gasteiger partial charge in [-0.25, -0.2) is 0 Å². The highest BCUT2D eigenvalue weighted by Crippen LogP contribution is 2.20. The van der Waals surface area contributed by atoms with Gasteiger partial charge in [0.1, 0.15) is 0 Å². The maximum Gasteiger partial charge on any atom is 0.236 e. The third-order valence-corrected chi connectivity index (χ3v) is 3.34. The highest BCUT2D eigenvalue weighted by atomic mass is 16.2. The SMILES string of the molecule is CNC(=O)C1CC(Cc2ccn(C)n2)CCN1. The molecule has 17 heavy (non-hydrogen) atoms. The molecule has 5 heteroatoms. The van der Waals surface area contributed by atoms with Gasteiger partial charge in [0.05, 0.1) is 11.7 Å². The Bertz CT molecular complexity index is 388. The Labute approximate surface area is 102 Å². The predicted molar refractivity (Wildman–Crippen MR) is 65.5 cm³/mol. The number of nitrogens with zero attached hydrogens (tertiary/aromatic N) is 2. The lowest BCUT2D eigenvalue weighted by Gasteiger charge is -2.28. The molecular formula is C12H20N4O. The van der Waals surface area contributed by atoms with E-state index in [1.165, 1.54) is 0 Å². The fraction of sp³-hybridized carbons (Fsp3) is 0.667. The van der Waals surface area contributed by atoms with Crippen molar-refractivity contribution in [1.29, 1.82) is 0 Å². The van der Waals surface area contributed by atoms with Gasteiger partial charge in [-0.05, 0) is 37.8 Å². The van der Waals surface area contributed by atoms with Crippen LogP contribution >= 0.6 is 0 Å². The highest BCUT2D eigenvalue weighted by Gasteiger charge is 2.26. The summed E-state index contributed by atoms with van der Waals surface area (Å²) in [5.74, 6) is 0.643. The van der Waals surface area contributed by atoms with E-state index in [4.69, 9.17) is 0 Å². The molecule has 0 bridgehead atoms. The molecule has 1 aliphatic rings. The Morgan fingerprint density at radius 2 is 2.53 bits per heavy atom. The summed E-state index contributed by atoms with van der Waals surface area (Å²) in [7, 11) is 3.62. The van der Waals surface area contributed by atoms with Crippen molar-refractivity contribution < 1.29 is 4.79 Å². The summed E-state index contributed by atoms with van der Waals surface area (Å²) in [6.07, 6.45) is 4.95. The van der Waals surface area contributed by atoms with Gasteiger partial charge in [0.25, 0.3) is 0 Å². The van der Waals surface area contributed by atoms with Gasteiger partial charge >= 0.3 is 0 Å². The van der Waals surface area contributed by atoms with Crippen LogP contribution in [0.4, 0.5) is 0 Å². The minimum absolute atomic E-state index is 0.0394. The molecule has 1 aromatic rings. The molecular weight excluding hydrogens is 216 g/mol. The average Bonchev–Trinajstić information content (AvgIpc) is 2.74. The molecule has 2 unspecified atom stereocenters. The molecule has 1 fully saturated rings. The molecule has 1 saturated heterocycles. The second kappa shape index (κ2) is 5.31. The Kier molecular flexibility index (Phi) is 3.78. The van der Waals surface area contributed by atoms with Crippen molar-refractivity contribution in [3.05, 3.63) is 18.0 Å². The van der Waals surface area contributed by atoms with E-state index in [2.05, 4.69) is 21.8 Å². The molecule has 0 radical (unpaired) electrons. The lowest BCUT2D eigenvalue weighted by atomic mass is 9.88. The van der Waals surface area contributed by atoms with Crippen molar-refractivity contribution in [2.45, 2.75) is 25.3 Å². The Hall–Kier alpha value is -1.36. The normalized spacial score (nSPS) is 24.6. The highest BCUT2D eigenvalue weighted by molar-refractivity contribution is 5.81. The molecule has 0 saturated carbocycles. The van der Waals surface area contributed by atoms with Crippen LogP contribution in [0.1, 0.15) is 18.5 Å². The molecule has 2 atom stereocenters. The van der Waals surface area contributed by atoms with Crippen LogP contribution in [0.25, 0.3) is 0 Å². The van der Waals surface area contributed by atoms with Gasteiger partial charge < -0.3 is 10.6 Å². The summed E-state index contributed by atoms with van der Waals surface area (Å²) in [5.41, 5.74) is 1.12. The summed E-state index contributed by atoms with van der Waals surface area (Å²) in [6.45, 7) is 0.912. The minimum atomic E-state index is -0.0394. The largest absolute Gasteiger partial charge is 0.358 e. The van der Waals surface area contributed by atoms with Crippen LogP contribution in [-0.4, -0.2) is 35.3 Å². The second-order valence-electron chi connectivity index (χ2n) is 4.70. The molecule has 94 valence electrons. The molecule has 5 nitrogen and oxygen atoms in total. The Morgan fingerprint density at radius 3 is 3.18 bits per heavy atom. The zero-order valence-electron chi connectivity index (χ0n) is 10.4. The maximum absolute atomic E-state index is 11.6. The molecule has 2 rings (SSSR count). The summed E-state index contributed by atoms with van der Waals surface area (Å²) in [6, 6.07) is 2.01. The van der Waals surface area contributed by atoms with E-state index in [1.807, 2.05) is 17.9 Å². The van der Waals surface area contributed by atoms with Gasteiger partial charge in [-0.2, -0.15) is 5.10 Å². The maximum atomic E-state index is 11.6. The number of carbonyl (C=O) groups excluding carboxylic acids is 1. The molecule has 1 aliphatic heterocycles. The standard InChI is InChI=1S/C12H20N4O/c1-13-12(17)11-8-9(3-5-14-11)7-10-4-6-16(2)15-10/h4,6,9,11,14H,3,5,7-8H2,1-2H3,(H,13,17). The van der Waals surface area contributed by atoms with Crippen LogP contribution in [0.5, 0.6) is 0 Å². The molecule has 1 amide bonds. The molecule has 1 aromatic heterocycles. The molecule has 0 aliphatic carbocycles. The molecule has 2 heterocycles. The second-order valence-corrected chi connectivity index (χ2v) is 4.70. The Balaban J connectivity index is 1.91. The lowest BCUT2D eigenvalue weighted by molar-refractivity contribution is -0.123. The monoisotopic (exact) mass is 236 g/mol. The van der Waals surface area contributed by atoms with E-state index in [0.29, 0.717) is 5.92 Å². The van der Waals surface area contributed by atoms with Crippen LogP contribution in [0.15, 0.2) is 12.3 Å². The smallest absolute Gasteiger partial charge is 0.236 e. The summed E-state index contributed by atoms with van der Waals surface area (Å²) >= 11 is 0. The van der Waals surface area contributed by atoms with E-state index in [9.17, 15) is 4.79 Å². The van der Waals surface area contributed by atoms with E-state index >= 15 is 0 Å². The number of hydrogen-bond donors (Lipinski definition) is 2. The third kappa shape index (κ3) is 3.06. The summed E-state index contributed by atoms with van der Waals surface area (Å²) < 4.78 is 1.83. The third-order valence-electron chi connectivity index (χ3n) is 3.34. The number of amides is 1. The van der Waals surface area contributed by atoms with Gasteiger partial charge in [0, 0.05) is 20.3 Å². The van der Waals surface area contributed by atoms with E-state index < -0.39 is 0 Å². The number of piperidine rings is 1. The van der Waals surface area contributed by atoms with Crippen molar-refractivity contribution >= 4 is 5.91 Å². The molecule has 2 N–H and O–H groups in total. The van der Waals surface area contributed by atoms with Crippen LogP contribution in [0, 0.1) is 5.92 Å². The van der Waals surface area contributed by atoms with Crippen LogP contribution in [0.2, 0.25) is 0 Å². The number of carbonyl (C=O) groups is 1. The first-order valence-corrected chi connectivity index (χ1v) is 6.12. The minimum Gasteiger partial charge on any atom is -0.358 e. The van der Waals surface area contributed by atoms with Crippen molar-refractivity contribution in [3.8, 4) is 0 Å². The molecule has 0 aromatic carbocycles. The van der Waals surface area contributed by atoms with Gasteiger partial charge in [-0.3, -0.25) is 9.48 Å². The number of aromatic nitrogens is 2. The summed E-state index contributed by atoms with van der Waals surface area (Å²) in [5, 5.41) is 10.3. The molecule has 0 spiro atoms. The number of rotatable bonds is 3.